The molecule has 1 aromatic heterocycles. The van der Waals surface area contributed by atoms with E-state index in [-0.39, 0.29) is 16.9 Å². The van der Waals surface area contributed by atoms with Crippen LogP contribution in [-0.2, 0) is 4.74 Å². The number of methoxy groups -OCH3 is 1. The molecule has 16 heavy (non-hydrogen) atoms. The highest BCUT2D eigenvalue weighted by Crippen LogP contribution is 2.15. The summed E-state index contributed by atoms with van der Waals surface area (Å²) in [5.74, 6) is 0.347. The van der Waals surface area contributed by atoms with Crippen molar-refractivity contribution in [1.82, 2.24) is 4.90 Å². The van der Waals surface area contributed by atoms with Gasteiger partial charge in [-0.2, -0.15) is 0 Å². The molecule has 0 bridgehead atoms. The van der Waals surface area contributed by atoms with Crippen molar-refractivity contribution in [3.05, 3.63) is 23.1 Å². The molecule has 4 nitrogen and oxygen atoms in total. The van der Waals surface area contributed by atoms with Gasteiger partial charge in [-0.3, -0.25) is 4.79 Å². The Labute approximate surface area is 104 Å². The summed E-state index contributed by atoms with van der Waals surface area (Å²) in [6, 6.07) is 3.07. The molecular weight excluding hydrogens is 253 g/mol. The Bertz CT molecular complexity index is 341. The summed E-state index contributed by atoms with van der Waals surface area (Å²) in [6.07, 6.45) is 0. The van der Waals surface area contributed by atoms with E-state index in [1.165, 1.54) is 6.07 Å². The van der Waals surface area contributed by atoms with E-state index in [2.05, 4.69) is 0 Å². The molecule has 1 amide bonds. The van der Waals surface area contributed by atoms with Gasteiger partial charge in [0.2, 0.25) is 0 Å². The Morgan fingerprint density at radius 1 is 1.50 bits per heavy atom. The molecule has 90 valence electrons. The Morgan fingerprint density at radius 3 is 2.75 bits per heavy atom. The van der Waals surface area contributed by atoms with E-state index in [1.807, 2.05) is 0 Å². The molecule has 0 N–H and O–H groups in total. The molecule has 1 aromatic rings. The van der Waals surface area contributed by atoms with Gasteiger partial charge in [-0.15, -0.1) is 11.6 Å². The second-order valence-electron chi connectivity index (χ2n) is 3.08. The average Bonchev–Trinajstić information content (AvgIpc) is 2.70. The summed E-state index contributed by atoms with van der Waals surface area (Å²) in [4.78, 5) is 13.5. The smallest absolute Gasteiger partial charge is 0.289 e. The van der Waals surface area contributed by atoms with Gasteiger partial charge in [-0.05, 0) is 23.7 Å². The molecular formula is C10H13Cl2NO3. The highest BCUT2D eigenvalue weighted by atomic mass is 35.5. The number of hydrogen-bond acceptors (Lipinski definition) is 3. The lowest BCUT2D eigenvalue weighted by atomic mass is 10.3. The number of carbonyl (C=O) groups is 1. The van der Waals surface area contributed by atoms with E-state index in [9.17, 15) is 4.79 Å². The number of alkyl halides is 1. The molecule has 0 aliphatic heterocycles. The van der Waals surface area contributed by atoms with E-state index in [1.54, 1.807) is 18.1 Å². The van der Waals surface area contributed by atoms with E-state index >= 15 is 0 Å². The summed E-state index contributed by atoms with van der Waals surface area (Å²) in [6.45, 7) is 1.37. The molecule has 0 aliphatic rings. The summed E-state index contributed by atoms with van der Waals surface area (Å²) in [5.41, 5.74) is 0. The SMILES string of the molecule is COCCN(CCCl)C(=O)c1ccc(Cl)o1. The van der Waals surface area contributed by atoms with Crippen molar-refractivity contribution >= 4 is 29.1 Å². The molecule has 0 fully saturated rings. The minimum Gasteiger partial charge on any atom is -0.440 e. The van der Waals surface area contributed by atoms with Crippen molar-refractivity contribution in [1.29, 1.82) is 0 Å². The number of rotatable bonds is 6. The third-order valence-corrected chi connectivity index (χ3v) is 2.36. The fraction of sp³-hybridized carbons (Fsp3) is 0.500. The van der Waals surface area contributed by atoms with Crippen LogP contribution in [-0.4, -0.2) is 43.5 Å². The molecule has 0 aliphatic carbocycles. The van der Waals surface area contributed by atoms with Gasteiger partial charge in [0.25, 0.3) is 5.91 Å². The van der Waals surface area contributed by atoms with E-state index in [0.717, 1.165) is 0 Å². The molecule has 0 atom stereocenters. The lowest BCUT2D eigenvalue weighted by Gasteiger charge is -2.19. The number of nitrogens with zero attached hydrogens (tertiary/aromatic N) is 1. The summed E-state index contributed by atoms with van der Waals surface area (Å²) < 4.78 is 9.96. The molecule has 6 heteroatoms. The number of ether oxygens (including phenoxy) is 1. The van der Waals surface area contributed by atoms with Crippen LogP contribution in [0.5, 0.6) is 0 Å². The van der Waals surface area contributed by atoms with Gasteiger partial charge in [0, 0.05) is 26.1 Å². The van der Waals surface area contributed by atoms with Gasteiger partial charge in [-0.25, -0.2) is 0 Å². The second kappa shape index (κ2) is 6.78. The lowest BCUT2D eigenvalue weighted by Crippen LogP contribution is -2.35. The molecule has 0 spiro atoms. The third kappa shape index (κ3) is 3.70. The first-order valence-electron chi connectivity index (χ1n) is 4.78. The van der Waals surface area contributed by atoms with Crippen LogP contribution in [0.4, 0.5) is 0 Å². The molecule has 1 heterocycles. The first-order chi connectivity index (χ1) is 7.69. The molecule has 1 rings (SSSR count). The molecule has 0 aromatic carbocycles. The molecule has 0 saturated heterocycles. The van der Waals surface area contributed by atoms with Crippen LogP contribution in [0.25, 0.3) is 0 Å². The topological polar surface area (TPSA) is 42.7 Å². The number of hydrogen-bond donors (Lipinski definition) is 0. The monoisotopic (exact) mass is 265 g/mol. The van der Waals surface area contributed by atoms with Crippen molar-refractivity contribution in [3.8, 4) is 0 Å². The van der Waals surface area contributed by atoms with Crippen LogP contribution < -0.4 is 0 Å². The quantitative estimate of drug-likeness (QED) is 0.742. The Kier molecular flexibility index (Phi) is 5.66. The Hall–Kier alpha value is -0.710. The van der Waals surface area contributed by atoms with Gasteiger partial charge >= 0.3 is 0 Å². The number of amides is 1. The van der Waals surface area contributed by atoms with Crippen molar-refractivity contribution in [3.63, 3.8) is 0 Å². The Morgan fingerprint density at radius 2 is 2.25 bits per heavy atom. The van der Waals surface area contributed by atoms with Crippen LogP contribution in [0, 0.1) is 0 Å². The number of furan rings is 1. The van der Waals surface area contributed by atoms with Crippen LogP contribution in [0.2, 0.25) is 5.22 Å². The maximum atomic E-state index is 11.9. The zero-order valence-electron chi connectivity index (χ0n) is 8.91. The van der Waals surface area contributed by atoms with E-state index in [0.29, 0.717) is 25.6 Å². The first-order valence-corrected chi connectivity index (χ1v) is 5.69. The summed E-state index contributed by atoms with van der Waals surface area (Å²) >= 11 is 11.2. The van der Waals surface area contributed by atoms with Crippen LogP contribution in [0.1, 0.15) is 10.6 Å². The minimum absolute atomic E-state index is 0.195. The first kappa shape index (κ1) is 13.4. The van der Waals surface area contributed by atoms with Crippen molar-refractivity contribution in [2.45, 2.75) is 0 Å². The number of halogens is 2. The highest BCUT2D eigenvalue weighted by Gasteiger charge is 2.18. The summed E-state index contributed by atoms with van der Waals surface area (Å²) in [5, 5.41) is 0.195. The number of carbonyl (C=O) groups excluding carboxylic acids is 1. The van der Waals surface area contributed by atoms with Crippen LogP contribution >= 0.6 is 23.2 Å². The van der Waals surface area contributed by atoms with Crippen molar-refractivity contribution < 1.29 is 13.9 Å². The Balaban J connectivity index is 2.66. The van der Waals surface area contributed by atoms with Crippen LogP contribution in [0.3, 0.4) is 0 Å². The van der Waals surface area contributed by atoms with E-state index in [4.69, 9.17) is 32.4 Å². The normalized spacial score (nSPS) is 10.4. The average molecular weight is 266 g/mol. The standard InChI is InChI=1S/C10H13Cl2NO3/c1-15-7-6-13(5-4-11)10(14)8-2-3-9(12)16-8/h2-3H,4-7H2,1H3. The molecule has 0 saturated carbocycles. The van der Waals surface area contributed by atoms with E-state index < -0.39 is 0 Å². The summed E-state index contributed by atoms with van der Waals surface area (Å²) in [7, 11) is 1.58. The van der Waals surface area contributed by atoms with Gasteiger partial charge in [0.1, 0.15) is 0 Å². The second-order valence-corrected chi connectivity index (χ2v) is 3.83. The molecule has 0 radical (unpaired) electrons. The molecule has 0 unspecified atom stereocenters. The predicted octanol–water partition coefficient (Wildman–Crippen LogP) is 2.26. The van der Waals surface area contributed by atoms with Gasteiger partial charge in [-0.1, -0.05) is 0 Å². The van der Waals surface area contributed by atoms with Gasteiger partial charge < -0.3 is 14.1 Å². The third-order valence-electron chi connectivity index (χ3n) is 1.99. The fourth-order valence-corrected chi connectivity index (χ4v) is 1.55. The highest BCUT2D eigenvalue weighted by molar-refractivity contribution is 6.29. The van der Waals surface area contributed by atoms with Crippen molar-refractivity contribution in [2.24, 2.45) is 0 Å². The van der Waals surface area contributed by atoms with Crippen molar-refractivity contribution in [2.75, 3.05) is 32.7 Å². The fourth-order valence-electron chi connectivity index (χ4n) is 1.20. The maximum Gasteiger partial charge on any atom is 0.289 e. The van der Waals surface area contributed by atoms with Gasteiger partial charge in [0.15, 0.2) is 11.0 Å². The van der Waals surface area contributed by atoms with Gasteiger partial charge in [0.05, 0.1) is 6.61 Å². The largest absolute Gasteiger partial charge is 0.440 e. The lowest BCUT2D eigenvalue weighted by molar-refractivity contribution is 0.0677. The maximum absolute atomic E-state index is 11.9. The van der Waals surface area contributed by atoms with Crippen LogP contribution in [0.15, 0.2) is 16.5 Å². The minimum atomic E-state index is -0.232. The predicted molar refractivity (Wildman–Crippen MR) is 62.2 cm³/mol. The zero-order valence-corrected chi connectivity index (χ0v) is 10.4. The zero-order chi connectivity index (χ0) is 12.0.